The third kappa shape index (κ3) is 4.67. The number of nitrogens with one attached hydrogen (secondary N) is 1. The van der Waals surface area contributed by atoms with E-state index in [2.05, 4.69) is 15.3 Å². The molecule has 0 aliphatic heterocycles. The SMILES string of the molecule is CC(C)(C)c1cc(C(=O)Nc2ccc(-c3cccnc3)cn2)cc(C(C)(C)C)c1O. The van der Waals surface area contributed by atoms with Gasteiger partial charge >= 0.3 is 0 Å². The van der Waals surface area contributed by atoms with E-state index in [0.29, 0.717) is 11.4 Å². The number of rotatable bonds is 3. The summed E-state index contributed by atoms with van der Waals surface area (Å²) in [5.41, 5.74) is 3.29. The van der Waals surface area contributed by atoms with Crippen molar-refractivity contribution in [3.63, 3.8) is 0 Å². The minimum absolute atomic E-state index is 0.255. The largest absolute Gasteiger partial charge is 0.507 e. The molecule has 2 heterocycles. The Balaban J connectivity index is 1.91. The quantitative estimate of drug-likeness (QED) is 0.588. The lowest BCUT2D eigenvalue weighted by molar-refractivity contribution is 0.102. The number of phenols is 1. The molecule has 0 aliphatic carbocycles. The van der Waals surface area contributed by atoms with Gasteiger partial charge in [-0.15, -0.1) is 0 Å². The fraction of sp³-hybridized carbons (Fsp3) is 0.320. The van der Waals surface area contributed by atoms with E-state index in [1.807, 2.05) is 59.7 Å². The van der Waals surface area contributed by atoms with Crippen LogP contribution in [0.1, 0.15) is 63.0 Å². The first-order valence-electron chi connectivity index (χ1n) is 10.0. The molecule has 3 rings (SSSR count). The summed E-state index contributed by atoms with van der Waals surface area (Å²) >= 11 is 0. The molecule has 0 fully saturated rings. The van der Waals surface area contributed by atoms with Crippen molar-refractivity contribution in [2.24, 2.45) is 0 Å². The summed E-state index contributed by atoms with van der Waals surface area (Å²) in [4.78, 5) is 21.5. The highest BCUT2D eigenvalue weighted by molar-refractivity contribution is 6.04. The molecule has 156 valence electrons. The number of nitrogens with zero attached hydrogens (tertiary/aromatic N) is 2. The van der Waals surface area contributed by atoms with Crippen molar-refractivity contribution in [2.45, 2.75) is 52.4 Å². The Morgan fingerprint density at radius 3 is 1.97 bits per heavy atom. The molecule has 0 bridgehead atoms. The molecule has 2 aromatic heterocycles. The number of hydrogen-bond acceptors (Lipinski definition) is 4. The number of carbonyl (C=O) groups excluding carboxylic acids is 1. The van der Waals surface area contributed by atoms with Crippen LogP contribution >= 0.6 is 0 Å². The van der Waals surface area contributed by atoms with E-state index in [-0.39, 0.29) is 22.5 Å². The maximum Gasteiger partial charge on any atom is 0.256 e. The smallest absolute Gasteiger partial charge is 0.256 e. The van der Waals surface area contributed by atoms with Crippen molar-refractivity contribution in [1.29, 1.82) is 0 Å². The Labute approximate surface area is 178 Å². The summed E-state index contributed by atoms with van der Waals surface area (Å²) in [5.74, 6) is 0.466. The molecule has 0 unspecified atom stereocenters. The van der Waals surface area contributed by atoms with E-state index >= 15 is 0 Å². The van der Waals surface area contributed by atoms with Crippen LogP contribution in [0.25, 0.3) is 11.1 Å². The number of anilines is 1. The molecule has 5 nitrogen and oxygen atoms in total. The highest BCUT2D eigenvalue weighted by atomic mass is 16.3. The van der Waals surface area contributed by atoms with Gasteiger partial charge in [-0.3, -0.25) is 9.78 Å². The Morgan fingerprint density at radius 1 is 0.900 bits per heavy atom. The van der Waals surface area contributed by atoms with Gasteiger partial charge in [0.05, 0.1) is 0 Å². The monoisotopic (exact) mass is 403 g/mol. The van der Waals surface area contributed by atoms with Crippen LogP contribution in [0, 0.1) is 0 Å². The van der Waals surface area contributed by atoms with E-state index < -0.39 is 0 Å². The summed E-state index contributed by atoms with van der Waals surface area (Å²) in [5, 5.41) is 13.7. The molecule has 2 N–H and O–H groups in total. The van der Waals surface area contributed by atoms with Gasteiger partial charge < -0.3 is 10.4 Å². The number of hydrogen-bond donors (Lipinski definition) is 2. The minimum Gasteiger partial charge on any atom is -0.507 e. The molecule has 0 spiro atoms. The topological polar surface area (TPSA) is 75.1 Å². The second-order valence-electron chi connectivity index (χ2n) is 9.55. The zero-order valence-electron chi connectivity index (χ0n) is 18.4. The van der Waals surface area contributed by atoms with Crippen LogP contribution in [0.2, 0.25) is 0 Å². The number of benzene rings is 1. The van der Waals surface area contributed by atoms with Gasteiger partial charge in [-0.25, -0.2) is 4.98 Å². The molecule has 0 radical (unpaired) electrons. The average molecular weight is 404 g/mol. The standard InChI is InChI=1S/C25H29N3O2/c1-24(2,3)19-12-18(13-20(22(19)29)25(4,5)6)23(30)28-21-10-9-17(15-27-21)16-8-7-11-26-14-16/h7-15,29H,1-6H3,(H,27,28,30). The number of pyridine rings is 2. The number of amides is 1. The van der Waals surface area contributed by atoms with Gasteiger partial charge in [0, 0.05) is 46.4 Å². The maximum atomic E-state index is 13.0. The Morgan fingerprint density at radius 2 is 1.50 bits per heavy atom. The second-order valence-corrected chi connectivity index (χ2v) is 9.55. The summed E-state index contributed by atoms with van der Waals surface area (Å²) < 4.78 is 0. The zero-order valence-corrected chi connectivity index (χ0v) is 18.4. The third-order valence-electron chi connectivity index (χ3n) is 4.99. The van der Waals surface area contributed by atoms with Gasteiger partial charge in [-0.1, -0.05) is 47.6 Å². The molecule has 1 amide bonds. The van der Waals surface area contributed by atoms with E-state index in [9.17, 15) is 9.90 Å². The lowest BCUT2D eigenvalue weighted by Crippen LogP contribution is -2.21. The van der Waals surface area contributed by atoms with E-state index in [1.54, 1.807) is 36.8 Å². The number of aromatic nitrogens is 2. The van der Waals surface area contributed by atoms with E-state index in [0.717, 1.165) is 22.3 Å². The van der Waals surface area contributed by atoms with Crippen LogP contribution in [-0.2, 0) is 10.8 Å². The molecule has 3 aromatic rings. The normalized spacial score (nSPS) is 11.9. The number of aromatic hydroxyl groups is 1. The molecular formula is C25H29N3O2. The van der Waals surface area contributed by atoms with Crippen molar-refractivity contribution >= 4 is 11.7 Å². The zero-order chi connectivity index (χ0) is 22.1. The fourth-order valence-corrected chi connectivity index (χ4v) is 3.27. The predicted octanol–water partition coefficient (Wildman–Crippen LogP) is 5.70. The Kier molecular flexibility index (Phi) is 5.66. The first-order valence-corrected chi connectivity index (χ1v) is 10.0. The summed E-state index contributed by atoms with van der Waals surface area (Å²) in [6.45, 7) is 12.1. The molecule has 1 aromatic carbocycles. The highest BCUT2D eigenvalue weighted by Gasteiger charge is 2.27. The van der Waals surface area contributed by atoms with Crippen LogP contribution < -0.4 is 5.32 Å². The molecule has 0 saturated heterocycles. The molecule has 0 aliphatic rings. The van der Waals surface area contributed by atoms with Gasteiger partial charge in [0.15, 0.2) is 0 Å². The maximum absolute atomic E-state index is 13.0. The fourth-order valence-electron chi connectivity index (χ4n) is 3.27. The molecule has 30 heavy (non-hydrogen) atoms. The predicted molar refractivity (Wildman–Crippen MR) is 121 cm³/mol. The molecule has 0 atom stereocenters. The minimum atomic E-state index is -0.302. The van der Waals surface area contributed by atoms with Gasteiger partial charge in [0.1, 0.15) is 11.6 Å². The summed E-state index contributed by atoms with van der Waals surface area (Å²) in [7, 11) is 0. The molecule has 5 heteroatoms. The first kappa shape index (κ1) is 21.5. The van der Waals surface area contributed by atoms with Gasteiger partial charge in [0.2, 0.25) is 0 Å². The van der Waals surface area contributed by atoms with E-state index in [1.165, 1.54) is 0 Å². The van der Waals surface area contributed by atoms with Gasteiger partial charge in [-0.05, 0) is 41.2 Å². The summed E-state index contributed by atoms with van der Waals surface area (Å²) in [6.07, 6.45) is 5.21. The van der Waals surface area contributed by atoms with Gasteiger partial charge in [0.25, 0.3) is 5.91 Å². The third-order valence-corrected chi connectivity index (χ3v) is 4.99. The van der Waals surface area contributed by atoms with Crippen molar-refractivity contribution in [3.05, 3.63) is 71.7 Å². The van der Waals surface area contributed by atoms with Crippen molar-refractivity contribution in [3.8, 4) is 16.9 Å². The second kappa shape index (κ2) is 7.90. The first-order chi connectivity index (χ1) is 14.0. The molecular weight excluding hydrogens is 374 g/mol. The average Bonchev–Trinajstić information content (AvgIpc) is 2.67. The van der Waals surface area contributed by atoms with E-state index in [4.69, 9.17) is 0 Å². The Bertz CT molecular complexity index is 1010. The van der Waals surface area contributed by atoms with Crippen molar-refractivity contribution in [1.82, 2.24) is 9.97 Å². The van der Waals surface area contributed by atoms with Gasteiger partial charge in [-0.2, -0.15) is 0 Å². The van der Waals surface area contributed by atoms with Crippen LogP contribution in [-0.4, -0.2) is 21.0 Å². The van der Waals surface area contributed by atoms with Crippen LogP contribution in [0.4, 0.5) is 5.82 Å². The lowest BCUT2D eigenvalue weighted by Gasteiger charge is -2.28. The van der Waals surface area contributed by atoms with Crippen LogP contribution in [0.5, 0.6) is 5.75 Å². The summed E-state index contributed by atoms with van der Waals surface area (Å²) in [6, 6.07) is 11.0. The van der Waals surface area contributed by atoms with Crippen LogP contribution in [0.3, 0.4) is 0 Å². The number of carbonyl (C=O) groups is 1. The Hall–Kier alpha value is -3.21. The number of phenolic OH excluding ortho intramolecular Hbond substituents is 1. The lowest BCUT2D eigenvalue weighted by atomic mass is 9.78. The van der Waals surface area contributed by atoms with Crippen molar-refractivity contribution in [2.75, 3.05) is 5.32 Å². The van der Waals surface area contributed by atoms with Crippen molar-refractivity contribution < 1.29 is 9.90 Å². The molecule has 0 saturated carbocycles. The highest BCUT2D eigenvalue weighted by Crippen LogP contribution is 2.39. The van der Waals surface area contributed by atoms with Crippen LogP contribution in [0.15, 0.2) is 55.0 Å².